The van der Waals surface area contributed by atoms with Crippen molar-refractivity contribution in [1.82, 2.24) is 25.5 Å². The Morgan fingerprint density at radius 2 is 1.97 bits per heavy atom. The van der Waals surface area contributed by atoms with Crippen molar-refractivity contribution < 1.29 is 21.9 Å². The Labute approximate surface area is 185 Å². The molecular formula is C19H22Cl2N5O2S-. The van der Waals surface area contributed by atoms with Crippen molar-refractivity contribution in [2.75, 3.05) is 19.4 Å². The summed E-state index contributed by atoms with van der Waals surface area (Å²) < 4.78 is 13.2. The number of ether oxygens (including phenoxy) is 2. The molecule has 0 saturated heterocycles. The third kappa shape index (κ3) is 6.78. The number of aromatic nitrogens is 4. The van der Waals surface area contributed by atoms with Gasteiger partial charge in [0.2, 0.25) is 5.16 Å². The molecule has 0 amide bonds. The molecule has 10 heteroatoms. The summed E-state index contributed by atoms with van der Waals surface area (Å²) in [5, 5.41) is 16.4. The normalized spacial score (nSPS) is 10.4. The van der Waals surface area contributed by atoms with Gasteiger partial charge in [-0.05, 0) is 34.2 Å². The summed E-state index contributed by atoms with van der Waals surface area (Å²) in [7, 11) is 3.48. The number of hydrogen-bond donors (Lipinski definition) is 1. The zero-order valence-corrected chi connectivity index (χ0v) is 18.5. The minimum atomic E-state index is 0. The van der Waals surface area contributed by atoms with Crippen LogP contribution in [0.1, 0.15) is 11.1 Å². The van der Waals surface area contributed by atoms with Crippen molar-refractivity contribution in [3.05, 3.63) is 58.6 Å². The van der Waals surface area contributed by atoms with Gasteiger partial charge in [0, 0.05) is 36.5 Å². The molecule has 1 heterocycles. The van der Waals surface area contributed by atoms with Crippen molar-refractivity contribution in [1.29, 1.82) is 0 Å². The summed E-state index contributed by atoms with van der Waals surface area (Å²) in [6.07, 6.45) is 0. The summed E-state index contributed by atoms with van der Waals surface area (Å²) in [4.78, 5) is 0. The number of hydrogen-bond acceptors (Lipinski definition) is 7. The average Bonchev–Trinajstić information content (AvgIpc) is 3.12. The van der Waals surface area contributed by atoms with Gasteiger partial charge < -0.3 is 27.2 Å². The number of nitrogens with zero attached hydrogens (tertiary/aromatic N) is 4. The van der Waals surface area contributed by atoms with Gasteiger partial charge in [-0.3, -0.25) is 0 Å². The second-order valence-corrected chi connectivity index (χ2v) is 7.47. The molecule has 156 valence electrons. The number of rotatable bonds is 10. The number of methoxy groups -OCH3 is 1. The first-order valence-electron chi connectivity index (χ1n) is 8.76. The molecule has 1 N–H and O–H groups in total. The molecule has 0 spiro atoms. The molecule has 0 unspecified atom stereocenters. The van der Waals surface area contributed by atoms with Crippen molar-refractivity contribution in [2.24, 2.45) is 7.05 Å². The molecular weight excluding hydrogens is 433 g/mol. The van der Waals surface area contributed by atoms with E-state index in [-0.39, 0.29) is 12.4 Å². The number of thioether (sulfide) groups is 1. The van der Waals surface area contributed by atoms with Crippen LogP contribution in [0.5, 0.6) is 11.5 Å². The van der Waals surface area contributed by atoms with Gasteiger partial charge >= 0.3 is 0 Å². The third-order valence-electron chi connectivity index (χ3n) is 3.98. The molecule has 7 nitrogen and oxygen atoms in total. The zero-order chi connectivity index (χ0) is 19.8. The lowest BCUT2D eigenvalue weighted by molar-refractivity contribution is -0.00000636. The van der Waals surface area contributed by atoms with E-state index in [0.717, 1.165) is 34.3 Å². The molecule has 29 heavy (non-hydrogen) atoms. The lowest BCUT2D eigenvalue weighted by Gasteiger charge is -2.15. The van der Waals surface area contributed by atoms with Gasteiger partial charge in [0.15, 0.2) is 11.5 Å². The smallest absolute Gasteiger partial charge is 0.209 e. The number of aryl methyl sites for hydroxylation is 1. The second-order valence-electron chi connectivity index (χ2n) is 5.97. The Morgan fingerprint density at radius 3 is 2.66 bits per heavy atom. The van der Waals surface area contributed by atoms with E-state index in [9.17, 15) is 0 Å². The fourth-order valence-electron chi connectivity index (χ4n) is 2.54. The van der Waals surface area contributed by atoms with Crippen LogP contribution in [-0.4, -0.2) is 39.6 Å². The molecule has 3 rings (SSSR count). The maximum atomic E-state index is 6.07. The van der Waals surface area contributed by atoms with Crippen molar-refractivity contribution in [2.45, 2.75) is 18.3 Å². The minimum absolute atomic E-state index is 0. The first kappa shape index (κ1) is 23.3. The number of halogens is 2. The van der Waals surface area contributed by atoms with Gasteiger partial charge in [-0.1, -0.05) is 47.6 Å². The number of nitrogens with one attached hydrogen (secondary N) is 1. The van der Waals surface area contributed by atoms with Gasteiger partial charge in [0.25, 0.3) is 0 Å². The summed E-state index contributed by atoms with van der Waals surface area (Å²) in [6, 6.07) is 13.5. The first-order valence-corrected chi connectivity index (χ1v) is 10.1. The van der Waals surface area contributed by atoms with Crippen LogP contribution in [0.3, 0.4) is 0 Å². The monoisotopic (exact) mass is 454 g/mol. The van der Waals surface area contributed by atoms with Gasteiger partial charge in [-0.15, -0.1) is 5.10 Å². The third-order valence-corrected chi connectivity index (χ3v) is 5.25. The maximum absolute atomic E-state index is 6.07. The molecule has 2 aromatic carbocycles. The van der Waals surface area contributed by atoms with Gasteiger partial charge in [-0.2, -0.15) is 0 Å². The lowest BCUT2D eigenvalue weighted by Crippen LogP contribution is -3.00. The van der Waals surface area contributed by atoms with E-state index in [0.29, 0.717) is 23.9 Å². The second kappa shape index (κ2) is 11.9. The van der Waals surface area contributed by atoms with Crippen LogP contribution in [0.15, 0.2) is 47.6 Å². The topological polar surface area (TPSA) is 74.1 Å². The average molecular weight is 455 g/mol. The molecule has 0 bridgehead atoms. The van der Waals surface area contributed by atoms with Crippen LogP contribution in [0.2, 0.25) is 5.02 Å². The molecule has 0 aliphatic carbocycles. The summed E-state index contributed by atoms with van der Waals surface area (Å²) in [6.45, 7) is 1.93. The van der Waals surface area contributed by atoms with Crippen LogP contribution >= 0.6 is 23.4 Å². The molecule has 3 aromatic rings. The zero-order valence-electron chi connectivity index (χ0n) is 16.1. The van der Waals surface area contributed by atoms with Crippen molar-refractivity contribution >= 4 is 23.4 Å². The SMILES string of the molecule is COc1cccc(CNCCSc2nnnn2C)c1OCc1ccc(Cl)cc1.[Cl-]. The van der Waals surface area contributed by atoms with Crippen LogP contribution in [-0.2, 0) is 20.2 Å². The Hall–Kier alpha value is -2.00. The number of benzene rings is 2. The van der Waals surface area contributed by atoms with Gasteiger partial charge in [0.05, 0.1) is 7.11 Å². The van der Waals surface area contributed by atoms with Crippen molar-refractivity contribution in [3.63, 3.8) is 0 Å². The number of para-hydroxylation sites is 1. The highest BCUT2D eigenvalue weighted by atomic mass is 35.5. The van der Waals surface area contributed by atoms with E-state index >= 15 is 0 Å². The fourth-order valence-corrected chi connectivity index (χ4v) is 3.41. The van der Waals surface area contributed by atoms with Crippen LogP contribution < -0.4 is 27.2 Å². The highest BCUT2D eigenvalue weighted by molar-refractivity contribution is 7.99. The van der Waals surface area contributed by atoms with E-state index in [2.05, 4.69) is 20.8 Å². The van der Waals surface area contributed by atoms with E-state index in [4.69, 9.17) is 21.1 Å². The molecule has 0 saturated carbocycles. The summed E-state index contributed by atoms with van der Waals surface area (Å²) in [5.41, 5.74) is 2.08. The van der Waals surface area contributed by atoms with Crippen LogP contribution in [0.25, 0.3) is 0 Å². The quantitative estimate of drug-likeness (QED) is 0.349. The Balaban J connectivity index is 0.00000300. The Kier molecular flexibility index (Phi) is 9.53. The minimum Gasteiger partial charge on any atom is -1.00 e. The standard InChI is InChI=1S/C19H22ClN5O2S.ClH/c1-25-19(22-23-24-25)28-11-10-21-12-15-4-3-5-17(26-2)18(15)27-13-14-6-8-16(20)9-7-14;/h3-9,21H,10-13H2,1-2H3;1H/p-1. The number of tetrazole rings is 1. The molecule has 0 atom stereocenters. The molecule has 1 aromatic heterocycles. The highest BCUT2D eigenvalue weighted by Gasteiger charge is 2.11. The lowest BCUT2D eigenvalue weighted by atomic mass is 10.1. The fraction of sp³-hybridized carbons (Fsp3) is 0.316. The van der Waals surface area contributed by atoms with Crippen molar-refractivity contribution in [3.8, 4) is 11.5 Å². The van der Waals surface area contributed by atoms with E-state index in [1.807, 2.05) is 49.5 Å². The van der Waals surface area contributed by atoms with E-state index in [1.54, 1.807) is 23.6 Å². The highest BCUT2D eigenvalue weighted by Crippen LogP contribution is 2.32. The molecule has 0 fully saturated rings. The Morgan fingerprint density at radius 1 is 1.17 bits per heavy atom. The van der Waals surface area contributed by atoms with E-state index in [1.165, 1.54) is 0 Å². The summed E-state index contributed by atoms with van der Waals surface area (Å²) >= 11 is 7.55. The molecule has 0 radical (unpaired) electrons. The van der Waals surface area contributed by atoms with Gasteiger partial charge in [-0.25, -0.2) is 4.68 Å². The van der Waals surface area contributed by atoms with E-state index < -0.39 is 0 Å². The largest absolute Gasteiger partial charge is 1.00 e. The first-order chi connectivity index (χ1) is 13.7. The summed E-state index contributed by atoms with van der Waals surface area (Å²) in [5.74, 6) is 2.32. The Bertz CT molecular complexity index is 893. The van der Waals surface area contributed by atoms with Gasteiger partial charge in [0.1, 0.15) is 6.61 Å². The predicted molar refractivity (Wildman–Crippen MR) is 110 cm³/mol. The molecule has 0 aliphatic heterocycles. The predicted octanol–water partition coefficient (Wildman–Crippen LogP) is 0.337. The maximum Gasteiger partial charge on any atom is 0.209 e. The molecule has 0 aliphatic rings. The van der Waals surface area contributed by atoms with Crippen LogP contribution in [0.4, 0.5) is 0 Å². The van der Waals surface area contributed by atoms with Crippen LogP contribution in [0, 0.1) is 0 Å².